The van der Waals surface area contributed by atoms with Gasteiger partial charge in [-0.2, -0.15) is 0 Å². The van der Waals surface area contributed by atoms with Crippen molar-refractivity contribution in [2.45, 2.75) is 53.4 Å². The van der Waals surface area contributed by atoms with E-state index in [1.807, 2.05) is 0 Å². The van der Waals surface area contributed by atoms with Crippen molar-refractivity contribution in [2.75, 3.05) is 0 Å². The van der Waals surface area contributed by atoms with Crippen molar-refractivity contribution in [2.24, 2.45) is 4.99 Å². The van der Waals surface area contributed by atoms with Crippen molar-refractivity contribution < 1.29 is 0 Å². The lowest BCUT2D eigenvalue weighted by Gasteiger charge is -2.24. The van der Waals surface area contributed by atoms with Crippen molar-refractivity contribution in [3.8, 4) is 0 Å². The van der Waals surface area contributed by atoms with Gasteiger partial charge in [0.15, 0.2) is 0 Å². The van der Waals surface area contributed by atoms with Gasteiger partial charge in [-0.15, -0.1) is 0 Å². The standard InChI is InChI=1S/C23H28BrN/c1-6-8-15-25-22(7-2)23(19-12-9-11-16(3)17(19)4)20-13-10-14-21(24)18(20)5/h7,9-15,23H,6,8H2,1-5H3/b22-7-,25-15?. The summed E-state index contributed by atoms with van der Waals surface area (Å²) in [7, 11) is 0. The van der Waals surface area contributed by atoms with Crippen LogP contribution < -0.4 is 0 Å². The summed E-state index contributed by atoms with van der Waals surface area (Å²) in [4.78, 5) is 4.85. The lowest BCUT2D eigenvalue weighted by Crippen LogP contribution is -2.09. The van der Waals surface area contributed by atoms with E-state index >= 15 is 0 Å². The molecule has 25 heavy (non-hydrogen) atoms. The van der Waals surface area contributed by atoms with E-state index in [1.165, 1.54) is 27.8 Å². The van der Waals surface area contributed by atoms with Crippen molar-refractivity contribution >= 4 is 22.1 Å². The fourth-order valence-corrected chi connectivity index (χ4v) is 3.51. The van der Waals surface area contributed by atoms with E-state index < -0.39 is 0 Å². The Bertz CT molecular complexity index is 735. The molecule has 1 unspecified atom stereocenters. The third-order valence-corrected chi connectivity index (χ3v) is 5.69. The van der Waals surface area contributed by atoms with Crippen molar-refractivity contribution in [1.82, 2.24) is 0 Å². The quantitative estimate of drug-likeness (QED) is 0.453. The van der Waals surface area contributed by atoms with Gasteiger partial charge in [-0.1, -0.05) is 65.7 Å². The topological polar surface area (TPSA) is 12.4 Å². The number of hydrogen-bond acceptors (Lipinski definition) is 1. The Morgan fingerprint density at radius 2 is 1.68 bits per heavy atom. The van der Waals surface area contributed by atoms with Gasteiger partial charge in [0.25, 0.3) is 0 Å². The average molecular weight is 398 g/mol. The van der Waals surface area contributed by atoms with Crippen LogP contribution in [0.5, 0.6) is 0 Å². The molecule has 0 aromatic heterocycles. The fraction of sp³-hybridized carbons (Fsp3) is 0.348. The number of nitrogens with zero attached hydrogens (tertiary/aromatic N) is 1. The molecule has 0 amide bonds. The summed E-state index contributed by atoms with van der Waals surface area (Å²) in [6.45, 7) is 10.8. The molecule has 0 heterocycles. The maximum atomic E-state index is 4.85. The maximum absolute atomic E-state index is 4.85. The molecule has 132 valence electrons. The highest BCUT2D eigenvalue weighted by molar-refractivity contribution is 9.10. The minimum Gasteiger partial charge on any atom is -0.265 e. The molecule has 1 nitrogen and oxygen atoms in total. The number of allylic oxidation sites excluding steroid dienone is 2. The number of aliphatic imine (C=N–C) groups is 1. The molecule has 0 radical (unpaired) electrons. The van der Waals surface area contributed by atoms with Crippen LogP contribution in [0.15, 0.2) is 57.6 Å². The van der Waals surface area contributed by atoms with Crippen molar-refractivity contribution in [3.63, 3.8) is 0 Å². The highest BCUT2D eigenvalue weighted by Gasteiger charge is 2.23. The molecule has 0 N–H and O–H groups in total. The van der Waals surface area contributed by atoms with Gasteiger partial charge < -0.3 is 0 Å². The smallest absolute Gasteiger partial charge is 0.0515 e. The molecule has 0 fully saturated rings. The number of hydrogen-bond donors (Lipinski definition) is 0. The monoisotopic (exact) mass is 397 g/mol. The fourth-order valence-electron chi connectivity index (χ4n) is 3.12. The van der Waals surface area contributed by atoms with Crippen LogP contribution in [-0.4, -0.2) is 6.21 Å². The molecule has 2 rings (SSSR count). The molecular formula is C23H28BrN. The predicted molar refractivity (Wildman–Crippen MR) is 114 cm³/mol. The first-order valence-electron chi connectivity index (χ1n) is 9.01. The molecule has 2 aromatic carbocycles. The van der Waals surface area contributed by atoms with Crippen LogP contribution in [0.1, 0.15) is 60.4 Å². The highest BCUT2D eigenvalue weighted by atomic mass is 79.9. The van der Waals surface area contributed by atoms with Gasteiger partial charge >= 0.3 is 0 Å². The average Bonchev–Trinajstić information content (AvgIpc) is 2.60. The summed E-state index contributed by atoms with van der Waals surface area (Å²) in [5.74, 6) is 0.149. The minimum absolute atomic E-state index is 0.149. The normalized spacial score (nSPS) is 13.4. The van der Waals surface area contributed by atoms with E-state index in [-0.39, 0.29) is 5.92 Å². The Morgan fingerprint density at radius 1 is 1.04 bits per heavy atom. The van der Waals surface area contributed by atoms with E-state index in [1.54, 1.807) is 0 Å². The first kappa shape index (κ1) is 19.7. The molecule has 0 saturated carbocycles. The Hall–Kier alpha value is -1.67. The van der Waals surface area contributed by atoms with Crippen LogP contribution in [-0.2, 0) is 0 Å². The lowest BCUT2D eigenvalue weighted by molar-refractivity contribution is 0.895. The molecule has 1 atom stereocenters. The maximum Gasteiger partial charge on any atom is 0.0515 e. The second kappa shape index (κ2) is 9.15. The molecule has 0 aliphatic rings. The van der Waals surface area contributed by atoms with Crippen LogP contribution in [0.25, 0.3) is 0 Å². The second-order valence-electron chi connectivity index (χ2n) is 6.49. The van der Waals surface area contributed by atoms with Crippen LogP contribution in [0.3, 0.4) is 0 Å². The summed E-state index contributed by atoms with van der Waals surface area (Å²) in [5.41, 5.74) is 7.70. The molecule has 0 saturated heterocycles. The molecule has 2 aromatic rings. The van der Waals surface area contributed by atoms with Gasteiger partial charge in [0.2, 0.25) is 0 Å². The summed E-state index contributed by atoms with van der Waals surface area (Å²) >= 11 is 3.70. The summed E-state index contributed by atoms with van der Waals surface area (Å²) in [6, 6.07) is 13.0. The third kappa shape index (κ3) is 4.49. The highest BCUT2D eigenvalue weighted by Crippen LogP contribution is 2.38. The largest absolute Gasteiger partial charge is 0.265 e. The number of benzene rings is 2. The number of aryl methyl sites for hydroxylation is 1. The lowest BCUT2D eigenvalue weighted by atomic mass is 9.83. The van der Waals surface area contributed by atoms with Gasteiger partial charge in [0.05, 0.1) is 5.92 Å². The van der Waals surface area contributed by atoms with E-state index in [9.17, 15) is 0 Å². The summed E-state index contributed by atoms with van der Waals surface area (Å²) in [5, 5.41) is 0. The van der Waals surface area contributed by atoms with Crippen molar-refractivity contribution in [3.05, 3.63) is 80.5 Å². The van der Waals surface area contributed by atoms with E-state index in [2.05, 4.69) is 99.2 Å². The zero-order chi connectivity index (χ0) is 18.4. The number of halogens is 1. The first-order chi connectivity index (χ1) is 12.0. The van der Waals surface area contributed by atoms with Gasteiger partial charge in [0, 0.05) is 16.4 Å². The molecule has 0 bridgehead atoms. The van der Waals surface area contributed by atoms with Crippen LogP contribution >= 0.6 is 15.9 Å². The summed E-state index contributed by atoms with van der Waals surface area (Å²) < 4.78 is 1.15. The van der Waals surface area contributed by atoms with Crippen LogP contribution in [0.2, 0.25) is 0 Å². The Morgan fingerprint density at radius 3 is 2.32 bits per heavy atom. The predicted octanol–water partition coefficient (Wildman–Crippen LogP) is 7.28. The van der Waals surface area contributed by atoms with Gasteiger partial charge in [-0.05, 0) is 68.0 Å². The zero-order valence-corrected chi connectivity index (χ0v) is 17.5. The molecule has 0 aliphatic carbocycles. The number of unbranched alkanes of at least 4 members (excludes halogenated alkanes) is 1. The zero-order valence-electron chi connectivity index (χ0n) is 15.9. The van der Waals surface area contributed by atoms with Gasteiger partial charge in [-0.3, -0.25) is 4.99 Å². The molecule has 0 spiro atoms. The van der Waals surface area contributed by atoms with Crippen molar-refractivity contribution in [1.29, 1.82) is 0 Å². The van der Waals surface area contributed by atoms with Crippen LogP contribution in [0.4, 0.5) is 0 Å². The van der Waals surface area contributed by atoms with E-state index in [0.29, 0.717) is 0 Å². The molecule has 2 heteroatoms. The Labute approximate surface area is 161 Å². The van der Waals surface area contributed by atoms with Crippen LogP contribution in [0, 0.1) is 20.8 Å². The Balaban J connectivity index is 2.67. The molecule has 0 aliphatic heterocycles. The number of rotatable bonds is 6. The van der Waals surface area contributed by atoms with E-state index in [4.69, 9.17) is 4.99 Å². The Kier molecular flexibility index (Phi) is 7.19. The SMILES string of the molecule is C/C=C(\N=CCCC)C(c1cccc(C)c1C)c1cccc(Br)c1C. The van der Waals surface area contributed by atoms with Gasteiger partial charge in [0.1, 0.15) is 0 Å². The van der Waals surface area contributed by atoms with Gasteiger partial charge in [-0.25, -0.2) is 0 Å². The van der Waals surface area contributed by atoms with E-state index in [0.717, 1.165) is 23.0 Å². The third-order valence-electron chi connectivity index (χ3n) is 4.83. The minimum atomic E-state index is 0.149. The molecular weight excluding hydrogens is 370 g/mol. The second-order valence-corrected chi connectivity index (χ2v) is 7.34. The first-order valence-corrected chi connectivity index (χ1v) is 9.80. The summed E-state index contributed by atoms with van der Waals surface area (Å²) in [6.07, 6.45) is 6.33.